The maximum Gasteiger partial charge on any atom is 0.335 e. The highest BCUT2D eigenvalue weighted by Gasteiger charge is 2.32. The number of carbonyl (C=O) groups excluding carboxylic acids is 2. The van der Waals surface area contributed by atoms with Gasteiger partial charge in [0.1, 0.15) is 0 Å². The number of hydroxylamine groups is 1. The normalized spacial score (nSPS) is 13.8. The van der Waals surface area contributed by atoms with Crippen molar-refractivity contribution in [1.29, 1.82) is 0 Å². The molecule has 1 aliphatic rings. The van der Waals surface area contributed by atoms with Crippen LogP contribution in [-0.2, 0) is 9.63 Å². The van der Waals surface area contributed by atoms with Crippen molar-refractivity contribution in [2.45, 2.75) is 12.8 Å². The molecule has 0 atom stereocenters. The summed E-state index contributed by atoms with van der Waals surface area (Å²) in [4.78, 5) is 37.1. The van der Waals surface area contributed by atoms with E-state index in [4.69, 9.17) is 0 Å². The van der Waals surface area contributed by atoms with Crippen molar-refractivity contribution < 1.29 is 19.3 Å². The fourth-order valence-electron chi connectivity index (χ4n) is 1.29. The minimum absolute atomic E-state index is 0.109. The molecule has 1 saturated carbocycles. The first-order chi connectivity index (χ1) is 8.58. The lowest BCUT2D eigenvalue weighted by Crippen LogP contribution is -2.27. The van der Waals surface area contributed by atoms with Crippen molar-refractivity contribution in [1.82, 2.24) is 5.48 Å². The largest absolute Gasteiger partial charge is 0.340 e. The van der Waals surface area contributed by atoms with Gasteiger partial charge >= 0.3 is 5.97 Å². The summed E-state index contributed by atoms with van der Waals surface area (Å²) in [5.41, 5.74) is 2.09. The van der Waals surface area contributed by atoms with Crippen LogP contribution < -0.4 is 5.48 Å². The third-order valence-corrected chi connectivity index (χ3v) is 2.50. The summed E-state index contributed by atoms with van der Waals surface area (Å²) in [6.07, 6.45) is 1.57. The molecule has 0 aromatic heterocycles. The van der Waals surface area contributed by atoms with Crippen molar-refractivity contribution >= 4 is 17.6 Å². The zero-order chi connectivity index (χ0) is 13.1. The van der Waals surface area contributed by atoms with Crippen LogP contribution in [0.5, 0.6) is 0 Å². The summed E-state index contributed by atoms with van der Waals surface area (Å²) in [6.45, 7) is 0. The van der Waals surface area contributed by atoms with E-state index in [9.17, 15) is 19.7 Å². The molecule has 94 valence electrons. The van der Waals surface area contributed by atoms with Crippen LogP contribution in [0.1, 0.15) is 23.2 Å². The Hall–Kier alpha value is -2.44. The zero-order valence-corrected chi connectivity index (χ0v) is 9.29. The summed E-state index contributed by atoms with van der Waals surface area (Å²) < 4.78 is 0. The zero-order valence-electron chi connectivity index (χ0n) is 9.29. The summed E-state index contributed by atoms with van der Waals surface area (Å²) in [7, 11) is 0. The van der Waals surface area contributed by atoms with Crippen molar-refractivity contribution in [3.63, 3.8) is 0 Å². The van der Waals surface area contributed by atoms with Gasteiger partial charge in [-0.25, -0.2) is 4.79 Å². The van der Waals surface area contributed by atoms with E-state index in [0.717, 1.165) is 12.8 Å². The molecule has 0 unspecified atom stereocenters. The molecule has 0 radical (unpaired) electrons. The third-order valence-electron chi connectivity index (χ3n) is 2.50. The van der Waals surface area contributed by atoms with Gasteiger partial charge < -0.3 is 4.84 Å². The number of hydrogen-bond donors (Lipinski definition) is 1. The highest BCUT2D eigenvalue weighted by atomic mass is 16.7. The second-order valence-corrected chi connectivity index (χ2v) is 3.93. The van der Waals surface area contributed by atoms with Crippen LogP contribution in [0.4, 0.5) is 5.69 Å². The first-order valence-corrected chi connectivity index (χ1v) is 5.33. The molecule has 2 rings (SSSR count). The average molecular weight is 250 g/mol. The van der Waals surface area contributed by atoms with E-state index in [-0.39, 0.29) is 17.2 Å². The molecule has 1 fully saturated rings. The number of nitro groups is 1. The predicted molar refractivity (Wildman–Crippen MR) is 59.4 cm³/mol. The first-order valence-electron chi connectivity index (χ1n) is 5.33. The lowest BCUT2D eigenvalue weighted by Gasteiger charge is -2.04. The molecule has 0 aliphatic heterocycles. The highest BCUT2D eigenvalue weighted by Crippen LogP contribution is 2.29. The summed E-state index contributed by atoms with van der Waals surface area (Å²) >= 11 is 0. The Morgan fingerprint density at radius 1 is 1.28 bits per heavy atom. The van der Waals surface area contributed by atoms with Gasteiger partial charge in [0.15, 0.2) is 0 Å². The van der Waals surface area contributed by atoms with Crippen molar-refractivity contribution in [3.05, 3.63) is 39.9 Å². The van der Waals surface area contributed by atoms with Gasteiger partial charge in [-0.3, -0.25) is 14.9 Å². The number of rotatable bonds is 3. The Morgan fingerprint density at radius 3 is 2.39 bits per heavy atom. The lowest BCUT2D eigenvalue weighted by atomic mass is 10.2. The molecular formula is C11H10N2O5. The predicted octanol–water partition coefficient (Wildman–Crippen LogP) is 1.19. The van der Waals surface area contributed by atoms with Crippen LogP contribution in [0.15, 0.2) is 24.3 Å². The smallest absolute Gasteiger partial charge is 0.335 e. The molecular weight excluding hydrogens is 240 g/mol. The van der Waals surface area contributed by atoms with E-state index in [2.05, 4.69) is 4.84 Å². The fourth-order valence-corrected chi connectivity index (χ4v) is 1.29. The molecule has 18 heavy (non-hydrogen) atoms. The molecule has 7 nitrogen and oxygen atoms in total. The number of carbonyl (C=O) groups is 2. The lowest BCUT2D eigenvalue weighted by molar-refractivity contribution is -0.384. The first kappa shape index (κ1) is 12.0. The van der Waals surface area contributed by atoms with Gasteiger partial charge in [0, 0.05) is 17.7 Å². The Bertz CT molecular complexity index is 493. The van der Waals surface area contributed by atoms with Crippen molar-refractivity contribution in [2.75, 3.05) is 0 Å². The quantitative estimate of drug-likeness (QED) is 0.641. The maximum absolute atomic E-state index is 11.5. The minimum atomic E-state index is -0.612. The Balaban J connectivity index is 1.91. The molecule has 1 aromatic carbocycles. The molecule has 1 amide bonds. The number of nitrogens with zero attached hydrogens (tertiary/aromatic N) is 1. The van der Waals surface area contributed by atoms with Crippen molar-refractivity contribution in [3.8, 4) is 0 Å². The number of benzene rings is 1. The SMILES string of the molecule is O=C(NOC(=O)C1CC1)c1ccc([N+](=O)[O-])cc1. The van der Waals surface area contributed by atoms with E-state index in [0.29, 0.717) is 0 Å². The van der Waals surface area contributed by atoms with Gasteiger partial charge in [0.05, 0.1) is 10.8 Å². The maximum atomic E-state index is 11.5. The van der Waals surface area contributed by atoms with Crippen LogP contribution in [-0.4, -0.2) is 16.8 Å². The van der Waals surface area contributed by atoms with Gasteiger partial charge in [-0.05, 0) is 25.0 Å². The van der Waals surface area contributed by atoms with Gasteiger partial charge in [-0.15, -0.1) is 0 Å². The molecule has 0 heterocycles. The molecule has 0 bridgehead atoms. The van der Waals surface area contributed by atoms with Crippen LogP contribution in [0.2, 0.25) is 0 Å². The van der Waals surface area contributed by atoms with Crippen LogP contribution in [0, 0.1) is 16.0 Å². The minimum Gasteiger partial charge on any atom is -0.340 e. The number of amides is 1. The van der Waals surface area contributed by atoms with E-state index >= 15 is 0 Å². The van der Waals surface area contributed by atoms with Gasteiger partial charge in [-0.2, -0.15) is 5.48 Å². The third kappa shape index (κ3) is 2.82. The van der Waals surface area contributed by atoms with E-state index < -0.39 is 16.8 Å². The second kappa shape index (κ2) is 4.82. The summed E-state index contributed by atoms with van der Waals surface area (Å²) in [6, 6.07) is 4.99. The highest BCUT2D eigenvalue weighted by molar-refractivity contribution is 5.94. The van der Waals surface area contributed by atoms with Gasteiger partial charge in [-0.1, -0.05) is 0 Å². The van der Waals surface area contributed by atoms with Gasteiger partial charge in [0.2, 0.25) is 0 Å². The Kier molecular flexibility index (Phi) is 3.22. The summed E-state index contributed by atoms with van der Waals surface area (Å²) in [5.74, 6) is -1.17. The summed E-state index contributed by atoms with van der Waals surface area (Å²) in [5, 5.41) is 10.4. The van der Waals surface area contributed by atoms with E-state index in [1.54, 1.807) is 0 Å². The van der Waals surface area contributed by atoms with Crippen LogP contribution in [0.3, 0.4) is 0 Å². The Morgan fingerprint density at radius 2 is 1.89 bits per heavy atom. The molecule has 1 aromatic rings. The molecule has 7 heteroatoms. The standard InChI is InChI=1S/C11H10N2O5/c14-10(12-18-11(15)8-1-2-8)7-3-5-9(6-4-7)13(16)17/h3-6,8H,1-2H2,(H,12,14). The number of nitro benzene ring substituents is 1. The molecule has 0 saturated heterocycles. The Labute approximate surface area is 102 Å². The van der Waals surface area contributed by atoms with Crippen LogP contribution in [0.25, 0.3) is 0 Å². The molecule has 1 N–H and O–H groups in total. The van der Waals surface area contributed by atoms with Gasteiger partial charge in [0.25, 0.3) is 11.6 Å². The van der Waals surface area contributed by atoms with E-state index in [1.807, 2.05) is 5.48 Å². The van der Waals surface area contributed by atoms with Crippen LogP contribution >= 0.6 is 0 Å². The average Bonchev–Trinajstić information content (AvgIpc) is 3.20. The van der Waals surface area contributed by atoms with Crippen molar-refractivity contribution in [2.24, 2.45) is 5.92 Å². The monoisotopic (exact) mass is 250 g/mol. The number of non-ortho nitro benzene ring substituents is 1. The molecule has 1 aliphatic carbocycles. The van der Waals surface area contributed by atoms with E-state index in [1.165, 1.54) is 24.3 Å². The molecule has 0 spiro atoms. The second-order valence-electron chi connectivity index (χ2n) is 3.93. The number of nitrogens with one attached hydrogen (secondary N) is 1. The topological polar surface area (TPSA) is 98.5 Å². The number of hydrogen-bond acceptors (Lipinski definition) is 5. The fraction of sp³-hybridized carbons (Fsp3) is 0.273.